The molecule has 0 unspecified atom stereocenters. The van der Waals surface area contributed by atoms with E-state index >= 15 is 0 Å². The molecule has 10 nitrogen and oxygen atoms in total. The average molecular weight is 359 g/mol. The van der Waals surface area contributed by atoms with Crippen molar-refractivity contribution in [2.75, 3.05) is 25.1 Å². The first-order valence-corrected chi connectivity index (χ1v) is 7.57. The zero-order valence-electron chi connectivity index (χ0n) is 13.2. The van der Waals surface area contributed by atoms with Gasteiger partial charge in [-0.1, -0.05) is 0 Å². The second-order valence-corrected chi connectivity index (χ2v) is 5.38. The van der Waals surface area contributed by atoms with Crippen molar-refractivity contribution < 1.29 is 44.5 Å². The fourth-order valence-electron chi connectivity index (χ4n) is 2.20. The summed E-state index contributed by atoms with van der Waals surface area (Å²) in [6.07, 6.45) is -7.60. The number of phenols is 1. The van der Waals surface area contributed by atoms with Crippen LogP contribution in [0.4, 0.5) is 10.5 Å². The molecule has 1 fully saturated rings. The Morgan fingerprint density at radius 3 is 2.40 bits per heavy atom. The summed E-state index contributed by atoms with van der Waals surface area (Å²) in [5.41, 5.74) is 0.428. The number of amides is 1. The Bertz CT molecular complexity index is 550. The van der Waals surface area contributed by atoms with Crippen molar-refractivity contribution in [2.45, 2.75) is 30.7 Å². The topological polar surface area (TPSA) is 158 Å². The molecule has 1 aliphatic rings. The van der Waals surface area contributed by atoms with Gasteiger partial charge in [0.1, 0.15) is 36.8 Å². The van der Waals surface area contributed by atoms with Gasteiger partial charge in [-0.25, -0.2) is 4.79 Å². The van der Waals surface area contributed by atoms with Crippen LogP contribution in [0.5, 0.6) is 5.75 Å². The van der Waals surface area contributed by atoms with Crippen LogP contribution < -0.4 is 5.32 Å². The summed E-state index contributed by atoms with van der Waals surface area (Å²) in [6.45, 7) is -0.874. The summed E-state index contributed by atoms with van der Waals surface area (Å²) in [4.78, 5) is 11.6. The molecule has 0 bridgehead atoms. The predicted octanol–water partition coefficient (Wildman–Crippen LogP) is -1.24. The van der Waals surface area contributed by atoms with E-state index in [1.165, 1.54) is 24.3 Å². The smallest absolute Gasteiger partial charge is 0.411 e. The van der Waals surface area contributed by atoms with Crippen LogP contribution >= 0.6 is 0 Å². The van der Waals surface area contributed by atoms with E-state index in [2.05, 4.69) is 5.32 Å². The number of carbonyl (C=O) groups excluding carboxylic acids is 1. The molecule has 140 valence electrons. The highest BCUT2D eigenvalue weighted by molar-refractivity contribution is 5.84. The zero-order chi connectivity index (χ0) is 18.4. The minimum absolute atomic E-state index is 0.0619. The number of carbonyl (C=O) groups is 1. The van der Waals surface area contributed by atoms with Gasteiger partial charge in [-0.05, 0) is 24.3 Å². The maximum atomic E-state index is 11.6. The summed E-state index contributed by atoms with van der Waals surface area (Å²) >= 11 is 0. The number of phenolic OH excluding ortho intramolecular Hbond substituents is 1. The minimum Gasteiger partial charge on any atom is -0.508 e. The zero-order valence-corrected chi connectivity index (χ0v) is 13.2. The van der Waals surface area contributed by atoms with Crippen LogP contribution in [0.1, 0.15) is 0 Å². The molecule has 25 heavy (non-hydrogen) atoms. The van der Waals surface area contributed by atoms with Crippen molar-refractivity contribution in [3.05, 3.63) is 24.3 Å². The van der Waals surface area contributed by atoms with Crippen molar-refractivity contribution in [1.82, 2.24) is 0 Å². The maximum absolute atomic E-state index is 11.6. The molecule has 1 aromatic rings. The molecule has 1 saturated heterocycles. The Hall–Kier alpha value is -1.95. The first kappa shape index (κ1) is 19.4. The minimum atomic E-state index is -1.53. The molecule has 10 heteroatoms. The van der Waals surface area contributed by atoms with Gasteiger partial charge < -0.3 is 39.7 Å². The molecule has 0 aliphatic carbocycles. The number of hydrogen-bond acceptors (Lipinski definition) is 9. The second kappa shape index (κ2) is 8.94. The Labute approximate surface area is 143 Å². The number of aliphatic hydroxyl groups is 4. The molecule has 0 spiro atoms. The summed E-state index contributed by atoms with van der Waals surface area (Å²) in [6, 6.07) is 5.78. The van der Waals surface area contributed by atoms with E-state index in [1.54, 1.807) is 0 Å². The van der Waals surface area contributed by atoms with E-state index in [-0.39, 0.29) is 19.0 Å². The number of ether oxygens (including phenoxy) is 3. The van der Waals surface area contributed by atoms with E-state index < -0.39 is 43.4 Å². The van der Waals surface area contributed by atoms with Crippen molar-refractivity contribution in [2.24, 2.45) is 0 Å². The van der Waals surface area contributed by atoms with Gasteiger partial charge in [-0.2, -0.15) is 0 Å². The summed E-state index contributed by atoms with van der Waals surface area (Å²) in [7, 11) is 0. The summed E-state index contributed by atoms with van der Waals surface area (Å²) in [5.74, 6) is 0.0619. The van der Waals surface area contributed by atoms with E-state index in [0.29, 0.717) is 5.69 Å². The van der Waals surface area contributed by atoms with Crippen LogP contribution in [-0.4, -0.2) is 82.2 Å². The third kappa shape index (κ3) is 5.26. The van der Waals surface area contributed by atoms with Crippen LogP contribution in [0.2, 0.25) is 0 Å². The summed E-state index contributed by atoms with van der Waals surface area (Å²) < 4.78 is 15.2. The molecule has 0 saturated carbocycles. The largest absolute Gasteiger partial charge is 0.508 e. The van der Waals surface area contributed by atoms with Gasteiger partial charge in [0, 0.05) is 5.69 Å². The van der Waals surface area contributed by atoms with Gasteiger partial charge in [-0.3, -0.25) is 5.32 Å². The van der Waals surface area contributed by atoms with Crippen LogP contribution in [0.15, 0.2) is 24.3 Å². The highest BCUT2D eigenvalue weighted by Gasteiger charge is 2.43. The number of nitrogens with one attached hydrogen (secondary N) is 1. The van der Waals surface area contributed by atoms with Crippen LogP contribution in [0, 0.1) is 0 Å². The number of hydrogen-bond donors (Lipinski definition) is 6. The molecule has 6 N–H and O–H groups in total. The Morgan fingerprint density at radius 2 is 1.76 bits per heavy atom. The normalized spacial score (nSPS) is 29.2. The van der Waals surface area contributed by atoms with Crippen molar-refractivity contribution in [3.63, 3.8) is 0 Å². The SMILES string of the molecule is O=C(Nc1ccc(O)cc1)OCCO[C@@H]1O[C@H](CO)[C@@H](O)[C@H](O)[C@H]1O. The van der Waals surface area contributed by atoms with Gasteiger partial charge in [0.25, 0.3) is 0 Å². The molecule has 1 amide bonds. The van der Waals surface area contributed by atoms with E-state index in [0.717, 1.165) is 0 Å². The molecule has 1 aromatic carbocycles. The standard InChI is InChI=1S/C15H21NO9/c17-7-10-11(19)12(20)13(21)14(25-10)23-5-6-24-15(22)16-8-1-3-9(18)4-2-8/h1-4,10-14,17-21H,5-7H2,(H,16,22)/t10-,11-,12+,13-,14-/m1/s1. The lowest BCUT2D eigenvalue weighted by molar-refractivity contribution is -0.301. The number of aliphatic hydroxyl groups excluding tert-OH is 4. The van der Waals surface area contributed by atoms with Crippen LogP contribution in [-0.2, 0) is 14.2 Å². The van der Waals surface area contributed by atoms with E-state index in [1.807, 2.05) is 0 Å². The molecular weight excluding hydrogens is 338 g/mol. The van der Waals surface area contributed by atoms with E-state index in [4.69, 9.17) is 24.4 Å². The third-order valence-electron chi connectivity index (χ3n) is 3.56. The molecule has 1 heterocycles. The fraction of sp³-hybridized carbons (Fsp3) is 0.533. The number of aromatic hydroxyl groups is 1. The molecule has 2 rings (SSSR count). The highest BCUT2D eigenvalue weighted by Crippen LogP contribution is 2.21. The molecule has 0 radical (unpaired) electrons. The fourth-order valence-corrected chi connectivity index (χ4v) is 2.20. The molecule has 1 aliphatic heterocycles. The lowest BCUT2D eigenvalue weighted by atomic mass is 9.99. The van der Waals surface area contributed by atoms with Crippen molar-refractivity contribution in [1.29, 1.82) is 0 Å². The van der Waals surface area contributed by atoms with Crippen molar-refractivity contribution >= 4 is 11.8 Å². The van der Waals surface area contributed by atoms with Gasteiger partial charge >= 0.3 is 6.09 Å². The monoisotopic (exact) mass is 359 g/mol. The van der Waals surface area contributed by atoms with Crippen molar-refractivity contribution in [3.8, 4) is 5.75 Å². The Balaban J connectivity index is 1.71. The van der Waals surface area contributed by atoms with Gasteiger partial charge in [0.05, 0.1) is 13.2 Å². The Morgan fingerprint density at radius 1 is 1.08 bits per heavy atom. The van der Waals surface area contributed by atoms with Crippen LogP contribution in [0.3, 0.4) is 0 Å². The highest BCUT2D eigenvalue weighted by atomic mass is 16.7. The molecule has 0 aromatic heterocycles. The van der Waals surface area contributed by atoms with Gasteiger partial charge in [0.2, 0.25) is 0 Å². The second-order valence-electron chi connectivity index (χ2n) is 5.38. The summed E-state index contributed by atoms with van der Waals surface area (Å²) in [5, 5.41) is 49.6. The average Bonchev–Trinajstić information content (AvgIpc) is 2.60. The predicted molar refractivity (Wildman–Crippen MR) is 82.8 cm³/mol. The van der Waals surface area contributed by atoms with E-state index in [9.17, 15) is 20.1 Å². The maximum Gasteiger partial charge on any atom is 0.411 e. The lowest BCUT2D eigenvalue weighted by Gasteiger charge is -2.39. The first-order chi connectivity index (χ1) is 11.9. The first-order valence-electron chi connectivity index (χ1n) is 7.57. The lowest BCUT2D eigenvalue weighted by Crippen LogP contribution is -2.59. The van der Waals surface area contributed by atoms with Gasteiger partial charge in [-0.15, -0.1) is 0 Å². The molecular formula is C15H21NO9. The van der Waals surface area contributed by atoms with Gasteiger partial charge in [0.15, 0.2) is 6.29 Å². The number of rotatable bonds is 6. The van der Waals surface area contributed by atoms with Crippen LogP contribution in [0.25, 0.3) is 0 Å². The quantitative estimate of drug-likeness (QED) is 0.270. The molecule has 5 atom stereocenters. The Kier molecular flexibility index (Phi) is 6.93. The third-order valence-corrected chi connectivity index (χ3v) is 3.56. The number of benzene rings is 1. The number of anilines is 1.